The molecule has 2 aliphatic rings. The highest BCUT2D eigenvalue weighted by molar-refractivity contribution is 4.94. The Kier molecular flexibility index (Phi) is 5.18. The van der Waals surface area contributed by atoms with Gasteiger partial charge < -0.3 is 10.2 Å². The maximum absolute atomic E-state index is 3.63. The maximum atomic E-state index is 3.63. The third-order valence-electron chi connectivity index (χ3n) is 6.43. The predicted octanol–water partition coefficient (Wildman–Crippen LogP) is 3.91. The molecule has 1 saturated heterocycles. The molecule has 2 fully saturated rings. The lowest BCUT2D eigenvalue weighted by Gasteiger charge is -2.47. The van der Waals surface area contributed by atoms with E-state index in [9.17, 15) is 0 Å². The minimum atomic E-state index is 0.464. The van der Waals surface area contributed by atoms with E-state index in [1.54, 1.807) is 0 Å². The van der Waals surface area contributed by atoms with Crippen molar-refractivity contribution in [1.82, 2.24) is 10.2 Å². The van der Waals surface area contributed by atoms with Crippen molar-refractivity contribution in [1.29, 1.82) is 0 Å². The van der Waals surface area contributed by atoms with E-state index < -0.39 is 0 Å². The molecule has 1 N–H and O–H groups in total. The van der Waals surface area contributed by atoms with Gasteiger partial charge in [0.25, 0.3) is 0 Å². The second-order valence-electron chi connectivity index (χ2n) is 8.37. The van der Waals surface area contributed by atoms with E-state index in [1.165, 1.54) is 58.2 Å². The lowest BCUT2D eigenvalue weighted by molar-refractivity contribution is 0.0535. The second-order valence-corrected chi connectivity index (χ2v) is 8.37. The Labute approximate surface area is 126 Å². The van der Waals surface area contributed by atoms with Crippen molar-refractivity contribution < 1.29 is 0 Å². The first kappa shape index (κ1) is 16.3. The van der Waals surface area contributed by atoms with Crippen LogP contribution in [0.4, 0.5) is 0 Å². The van der Waals surface area contributed by atoms with Crippen LogP contribution in [0.15, 0.2) is 0 Å². The first-order valence-electron chi connectivity index (χ1n) is 8.80. The molecule has 20 heavy (non-hydrogen) atoms. The summed E-state index contributed by atoms with van der Waals surface area (Å²) >= 11 is 0. The van der Waals surface area contributed by atoms with Gasteiger partial charge in [-0.15, -0.1) is 0 Å². The van der Waals surface area contributed by atoms with Gasteiger partial charge in [-0.25, -0.2) is 0 Å². The fraction of sp³-hybridized carbons (Fsp3) is 1.00. The number of nitrogens with zero attached hydrogens (tertiary/aromatic N) is 1. The van der Waals surface area contributed by atoms with Gasteiger partial charge in [0.05, 0.1) is 0 Å². The Morgan fingerprint density at radius 2 is 1.75 bits per heavy atom. The predicted molar refractivity (Wildman–Crippen MR) is 88.0 cm³/mol. The van der Waals surface area contributed by atoms with Crippen LogP contribution in [0.1, 0.15) is 66.2 Å². The van der Waals surface area contributed by atoms with Crippen LogP contribution in [0.2, 0.25) is 0 Å². The number of rotatable bonds is 4. The highest BCUT2D eigenvalue weighted by Gasteiger charge is 2.39. The van der Waals surface area contributed by atoms with Crippen molar-refractivity contribution in [3.05, 3.63) is 0 Å². The molecular weight excluding hydrogens is 244 g/mol. The minimum Gasteiger partial charge on any atom is -0.316 e. The van der Waals surface area contributed by atoms with Crippen LogP contribution in [0.5, 0.6) is 0 Å². The van der Waals surface area contributed by atoms with E-state index in [2.05, 4.69) is 45.0 Å². The number of hydrogen-bond acceptors (Lipinski definition) is 2. The van der Waals surface area contributed by atoms with E-state index in [0.29, 0.717) is 16.9 Å². The number of likely N-dealkylation sites (tertiary alicyclic amines) is 1. The summed E-state index contributed by atoms with van der Waals surface area (Å²) in [6.45, 7) is 13.7. The zero-order valence-corrected chi connectivity index (χ0v) is 14.5. The molecule has 0 aromatic rings. The molecule has 1 heterocycles. The van der Waals surface area contributed by atoms with Crippen LogP contribution in [0.3, 0.4) is 0 Å². The molecule has 2 nitrogen and oxygen atoms in total. The van der Waals surface area contributed by atoms with Gasteiger partial charge in [0.15, 0.2) is 0 Å². The zero-order valence-electron chi connectivity index (χ0n) is 14.5. The van der Waals surface area contributed by atoms with Gasteiger partial charge in [0.1, 0.15) is 0 Å². The third-order valence-corrected chi connectivity index (χ3v) is 6.43. The van der Waals surface area contributed by atoms with Crippen LogP contribution in [0, 0.1) is 16.7 Å². The Morgan fingerprint density at radius 1 is 1.10 bits per heavy atom. The van der Waals surface area contributed by atoms with Crippen molar-refractivity contribution in [2.75, 3.05) is 26.7 Å². The zero-order chi connectivity index (χ0) is 14.8. The molecule has 2 rings (SSSR count). The van der Waals surface area contributed by atoms with Crippen molar-refractivity contribution in [2.45, 2.75) is 72.3 Å². The molecule has 1 aliphatic carbocycles. The summed E-state index contributed by atoms with van der Waals surface area (Å²) in [6, 6.07) is 0.690. The Hall–Kier alpha value is -0.0800. The van der Waals surface area contributed by atoms with Crippen molar-refractivity contribution in [3.8, 4) is 0 Å². The summed E-state index contributed by atoms with van der Waals surface area (Å²) in [5.74, 6) is 0.842. The highest BCUT2D eigenvalue weighted by Crippen LogP contribution is 2.40. The lowest BCUT2D eigenvalue weighted by atomic mass is 9.67. The van der Waals surface area contributed by atoms with E-state index in [4.69, 9.17) is 0 Å². The largest absolute Gasteiger partial charge is 0.316 e. The minimum absolute atomic E-state index is 0.464. The average molecular weight is 281 g/mol. The van der Waals surface area contributed by atoms with Crippen LogP contribution < -0.4 is 5.32 Å². The monoisotopic (exact) mass is 280 g/mol. The molecular formula is C18H36N2. The van der Waals surface area contributed by atoms with Gasteiger partial charge in [-0.1, -0.05) is 40.5 Å². The highest BCUT2D eigenvalue weighted by atomic mass is 15.1. The molecule has 0 radical (unpaired) electrons. The smallest absolute Gasteiger partial charge is 0.0156 e. The van der Waals surface area contributed by atoms with E-state index in [-0.39, 0.29) is 0 Å². The summed E-state index contributed by atoms with van der Waals surface area (Å²) < 4.78 is 0. The lowest BCUT2D eigenvalue weighted by Crippen LogP contribution is -2.52. The van der Waals surface area contributed by atoms with E-state index >= 15 is 0 Å². The quantitative estimate of drug-likeness (QED) is 0.840. The SMILES string of the molecule is CCC1(C)CCN(CC2CCCC(C)(C)C2NC)CC1. The van der Waals surface area contributed by atoms with Crippen LogP contribution in [-0.2, 0) is 0 Å². The van der Waals surface area contributed by atoms with E-state index in [1.807, 2.05) is 0 Å². The van der Waals surface area contributed by atoms with Gasteiger partial charge in [0.2, 0.25) is 0 Å². The Morgan fingerprint density at radius 3 is 2.30 bits per heavy atom. The van der Waals surface area contributed by atoms with Gasteiger partial charge >= 0.3 is 0 Å². The maximum Gasteiger partial charge on any atom is 0.0156 e. The molecule has 118 valence electrons. The van der Waals surface area contributed by atoms with Crippen LogP contribution in [-0.4, -0.2) is 37.6 Å². The first-order valence-corrected chi connectivity index (χ1v) is 8.80. The fourth-order valence-electron chi connectivity index (χ4n) is 4.56. The van der Waals surface area contributed by atoms with Crippen molar-refractivity contribution >= 4 is 0 Å². The van der Waals surface area contributed by atoms with Gasteiger partial charge in [0, 0.05) is 12.6 Å². The molecule has 1 saturated carbocycles. The summed E-state index contributed by atoms with van der Waals surface area (Å²) in [7, 11) is 2.16. The molecule has 1 aliphatic heterocycles. The topological polar surface area (TPSA) is 15.3 Å². The van der Waals surface area contributed by atoms with Gasteiger partial charge in [-0.3, -0.25) is 0 Å². The summed E-state index contributed by atoms with van der Waals surface area (Å²) in [6.07, 6.45) is 8.33. The standard InChI is InChI=1S/C18H36N2/c1-6-18(4)10-12-20(13-11-18)14-15-8-7-9-17(2,3)16(15)19-5/h15-16,19H,6-14H2,1-5H3. The molecule has 0 amide bonds. The van der Waals surface area contributed by atoms with Gasteiger partial charge in [-0.2, -0.15) is 0 Å². The van der Waals surface area contributed by atoms with E-state index in [0.717, 1.165) is 5.92 Å². The summed E-state index contributed by atoms with van der Waals surface area (Å²) in [5.41, 5.74) is 1.08. The van der Waals surface area contributed by atoms with Crippen LogP contribution >= 0.6 is 0 Å². The van der Waals surface area contributed by atoms with Crippen molar-refractivity contribution in [2.24, 2.45) is 16.7 Å². The molecule has 0 bridgehead atoms. The summed E-state index contributed by atoms with van der Waals surface area (Å²) in [4.78, 5) is 2.74. The fourth-order valence-corrected chi connectivity index (χ4v) is 4.56. The molecule has 0 spiro atoms. The number of piperidine rings is 1. The second kappa shape index (κ2) is 6.36. The normalized spacial score (nSPS) is 34.0. The van der Waals surface area contributed by atoms with Crippen molar-refractivity contribution in [3.63, 3.8) is 0 Å². The molecule has 2 unspecified atom stereocenters. The average Bonchev–Trinajstić information content (AvgIpc) is 2.41. The Bertz CT molecular complexity index is 303. The number of nitrogens with one attached hydrogen (secondary N) is 1. The molecule has 2 heteroatoms. The third kappa shape index (κ3) is 3.57. The summed E-state index contributed by atoms with van der Waals surface area (Å²) in [5, 5.41) is 3.63. The Balaban J connectivity index is 1.90. The molecule has 0 aromatic heterocycles. The first-order chi connectivity index (χ1) is 9.40. The molecule has 0 aromatic carbocycles. The molecule has 2 atom stereocenters. The number of hydrogen-bond donors (Lipinski definition) is 1. The van der Waals surface area contributed by atoms with Gasteiger partial charge in [-0.05, 0) is 62.6 Å². The van der Waals surface area contributed by atoms with Crippen LogP contribution in [0.25, 0.3) is 0 Å².